The summed E-state index contributed by atoms with van der Waals surface area (Å²) in [6, 6.07) is 0.473. The highest BCUT2D eigenvalue weighted by Gasteiger charge is 2.11. The molecule has 7 nitrogen and oxygen atoms in total. The van der Waals surface area contributed by atoms with Crippen molar-refractivity contribution < 1.29 is 13.9 Å². The Hall–Kier alpha value is -1.18. The molecule has 1 aromatic rings. The van der Waals surface area contributed by atoms with E-state index in [-0.39, 0.29) is 5.54 Å². The maximum Gasteiger partial charge on any atom is 0.315 e. The Bertz CT molecular complexity index is 377. The lowest BCUT2D eigenvalue weighted by Crippen LogP contribution is -2.35. The van der Waals surface area contributed by atoms with Gasteiger partial charge in [-0.15, -0.1) is 5.10 Å². The molecule has 0 fully saturated rings. The van der Waals surface area contributed by atoms with Crippen LogP contribution in [0.25, 0.3) is 0 Å². The van der Waals surface area contributed by atoms with Gasteiger partial charge in [-0.1, -0.05) is 5.10 Å². The maximum absolute atomic E-state index is 5.50. The van der Waals surface area contributed by atoms with E-state index < -0.39 is 0 Å². The molecule has 0 amide bonds. The van der Waals surface area contributed by atoms with Crippen LogP contribution in [-0.4, -0.2) is 49.2 Å². The second-order valence-corrected chi connectivity index (χ2v) is 5.84. The summed E-state index contributed by atoms with van der Waals surface area (Å²) in [6.45, 7) is 9.69. The summed E-state index contributed by atoms with van der Waals surface area (Å²) in [5.41, 5.74) is 0.0326. The first-order chi connectivity index (χ1) is 10.0. The molecule has 7 heteroatoms. The number of hydrogen-bond donors (Lipinski definition) is 2. The standard InChI is InChI=1S/C14H28N4O3/c1-14(2,3)16-11-12-17-18-13(21-12)15-7-5-6-8-20-10-9-19-4/h16H,5-11H2,1-4H3,(H,15,18). The number of rotatable bonds is 11. The van der Waals surface area contributed by atoms with Gasteiger partial charge in [-0.2, -0.15) is 0 Å². The number of nitrogens with zero attached hydrogens (tertiary/aromatic N) is 2. The summed E-state index contributed by atoms with van der Waals surface area (Å²) in [7, 11) is 1.67. The highest BCUT2D eigenvalue weighted by atomic mass is 16.5. The summed E-state index contributed by atoms with van der Waals surface area (Å²) in [5, 5.41) is 14.4. The summed E-state index contributed by atoms with van der Waals surface area (Å²) in [6.07, 6.45) is 1.98. The molecule has 0 spiro atoms. The Labute approximate surface area is 126 Å². The van der Waals surface area contributed by atoms with Crippen LogP contribution in [0.5, 0.6) is 0 Å². The fourth-order valence-corrected chi connectivity index (χ4v) is 1.51. The first-order valence-electron chi connectivity index (χ1n) is 7.39. The van der Waals surface area contributed by atoms with E-state index in [1.165, 1.54) is 0 Å². The first-order valence-corrected chi connectivity index (χ1v) is 7.39. The van der Waals surface area contributed by atoms with Gasteiger partial charge in [0.2, 0.25) is 5.89 Å². The maximum atomic E-state index is 5.50. The fourth-order valence-electron chi connectivity index (χ4n) is 1.51. The van der Waals surface area contributed by atoms with Gasteiger partial charge in [0.1, 0.15) is 0 Å². The molecule has 21 heavy (non-hydrogen) atoms. The van der Waals surface area contributed by atoms with E-state index in [1.807, 2.05) is 0 Å². The van der Waals surface area contributed by atoms with Gasteiger partial charge >= 0.3 is 6.01 Å². The predicted octanol–water partition coefficient (Wildman–Crippen LogP) is 1.81. The molecule has 0 saturated heterocycles. The van der Waals surface area contributed by atoms with Crippen molar-refractivity contribution in [2.24, 2.45) is 0 Å². The molecule has 0 radical (unpaired) electrons. The average Bonchev–Trinajstić information content (AvgIpc) is 2.87. The van der Waals surface area contributed by atoms with Crippen LogP contribution in [0.3, 0.4) is 0 Å². The lowest BCUT2D eigenvalue weighted by Gasteiger charge is -2.18. The van der Waals surface area contributed by atoms with Crippen molar-refractivity contribution in [3.63, 3.8) is 0 Å². The van der Waals surface area contributed by atoms with E-state index in [0.29, 0.717) is 31.7 Å². The highest BCUT2D eigenvalue weighted by Crippen LogP contribution is 2.07. The van der Waals surface area contributed by atoms with Crippen LogP contribution in [0.4, 0.5) is 6.01 Å². The van der Waals surface area contributed by atoms with Crippen molar-refractivity contribution in [1.29, 1.82) is 0 Å². The summed E-state index contributed by atoms with van der Waals surface area (Å²) in [4.78, 5) is 0. The van der Waals surface area contributed by atoms with E-state index in [9.17, 15) is 0 Å². The highest BCUT2D eigenvalue weighted by molar-refractivity contribution is 5.16. The Morgan fingerprint density at radius 2 is 1.90 bits per heavy atom. The van der Waals surface area contributed by atoms with Gasteiger partial charge in [-0.3, -0.25) is 0 Å². The number of aromatic nitrogens is 2. The van der Waals surface area contributed by atoms with Gasteiger partial charge in [-0.05, 0) is 33.6 Å². The van der Waals surface area contributed by atoms with Crippen LogP contribution in [0.2, 0.25) is 0 Å². The third-order valence-electron chi connectivity index (χ3n) is 2.66. The van der Waals surface area contributed by atoms with Crippen LogP contribution >= 0.6 is 0 Å². The molecule has 0 saturated carbocycles. The molecule has 1 heterocycles. The summed E-state index contributed by atoms with van der Waals surface area (Å²) in [5.74, 6) is 0.593. The Kier molecular flexibility index (Phi) is 8.26. The molecule has 0 bridgehead atoms. The van der Waals surface area contributed by atoms with Gasteiger partial charge in [0.25, 0.3) is 0 Å². The van der Waals surface area contributed by atoms with Gasteiger partial charge < -0.3 is 24.5 Å². The van der Waals surface area contributed by atoms with Crippen LogP contribution < -0.4 is 10.6 Å². The van der Waals surface area contributed by atoms with Crippen molar-refractivity contribution in [1.82, 2.24) is 15.5 Å². The monoisotopic (exact) mass is 300 g/mol. The second-order valence-electron chi connectivity index (χ2n) is 5.84. The number of anilines is 1. The number of ether oxygens (including phenoxy) is 2. The van der Waals surface area contributed by atoms with Crippen LogP contribution in [-0.2, 0) is 16.0 Å². The Balaban J connectivity index is 2.06. The lowest BCUT2D eigenvalue weighted by atomic mass is 10.1. The molecule has 2 N–H and O–H groups in total. The quantitative estimate of drug-likeness (QED) is 0.603. The van der Waals surface area contributed by atoms with Gasteiger partial charge in [0.05, 0.1) is 19.8 Å². The summed E-state index contributed by atoms with van der Waals surface area (Å²) >= 11 is 0. The van der Waals surface area contributed by atoms with E-state index >= 15 is 0 Å². The van der Waals surface area contributed by atoms with E-state index in [1.54, 1.807) is 7.11 Å². The normalized spacial score (nSPS) is 11.8. The van der Waals surface area contributed by atoms with E-state index in [0.717, 1.165) is 26.0 Å². The molecule has 0 unspecified atom stereocenters. The first kappa shape index (κ1) is 17.9. The molecule has 122 valence electrons. The number of hydrogen-bond acceptors (Lipinski definition) is 7. The topological polar surface area (TPSA) is 81.4 Å². The number of unbranched alkanes of at least 4 members (excludes halogenated alkanes) is 1. The SMILES string of the molecule is COCCOCCCCNc1nnc(CNC(C)(C)C)o1. The van der Waals surface area contributed by atoms with E-state index in [2.05, 4.69) is 41.6 Å². The molecule has 1 aromatic heterocycles. The molecule has 0 atom stereocenters. The van der Waals surface area contributed by atoms with Crippen LogP contribution in [0.1, 0.15) is 39.5 Å². The Morgan fingerprint density at radius 3 is 2.62 bits per heavy atom. The largest absolute Gasteiger partial charge is 0.407 e. The van der Waals surface area contributed by atoms with Gasteiger partial charge in [-0.25, -0.2) is 0 Å². The fraction of sp³-hybridized carbons (Fsp3) is 0.857. The minimum absolute atomic E-state index is 0.0326. The number of nitrogens with one attached hydrogen (secondary N) is 2. The summed E-state index contributed by atoms with van der Waals surface area (Å²) < 4.78 is 15.8. The minimum atomic E-state index is 0.0326. The zero-order valence-corrected chi connectivity index (χ0v) is 13.6. The zero-order chi connectivity index (χ0) is 15.6. The second kappa shape index (κ2) is 9.70. The van der Waals surface area contributed by atoms with Crippen molar-refractivity contribution in [2.75, 3.05) is 38.8 Å². The molecule has 1 rings (SSSR count). The zero-order valence-electron chi connectivity index (χ0n) is 13.6. The predicted molar refractivity (Wildman–Crippen MR) is 81.3 cm³/mol. The molecular formula is C14H28N4O3. The lowest BCUT2D eigenvalue weighted by molar-refractivity contribution is 0.0691. The van der Waals surface area contributed by atoms with Crippen molar-refractivity contribution in [3.05, 3.63) is 5.89 Å². The van der Waals surface area contributed by atoms with Gasteiger partial charge in [0.15, 0.2) is 0 Å². The van der Waals surface area contributed by atoms with Crippen LogP contribution in [0.15, 0.2) is 4.42 Å². The van der Waals surface area contributed by atoms with Crippen molar-refractivity contribution >= 4 is 6.01 Å². The third kappa shape index (κ3) is 9.38. The average molecular weight is 300 g/mol. The molecule has 0 aliphatic rings. The third-order valence-corrected chi connectivity index (χ3v) is 2.66. The van der Waals surface area contributed by atoms with Crippen LogP contribution in [0, 0.1) is 0 Å². The van der Waals surface area contributed by atoms with Gasteiger partial charge in [0, 0.05) is 25.8 Å². The molecule has 0 aliphatic heterocycles. The molecule has 0 aliphatic carbocycles. The minimum Gasteiger partial charge on any atom is -0.407 e. The molecule has 0 aromatic carbocycles. The Morgan fingerprint density at radius 1 is 1.10 bits per heavy atom. The van der Waals surface area contributed by atoms with Crippen molar-refractivity contribution in [3.8, 4) is 0 Å². The number of methoxy groups -OCH3 is 1. The molecular weight excluding hydrogens is 272 g/mol. The smallest absolute Gasteiger partial charge is 0.315 e. The van der Waals surface area contributed by atoms with E-state index in [4.69, 9.17) is 13.9 Å². The van der Waals surface area contributed by atoms with Crippen molar-refractivity contribution in [2.45, 2.75) is 45.7 Å².